The minimum Gasteiger partial charge on any atom is -0.369 e. The maximum atomic E-state index is 13.5. The van der Waals surface area contributed by atoms with Gasteiger partial charge in [-0.15, -0.1) is 0 Å². The van der Waals surface area contributed by atoms with Crippen molar-refractivity contribution in [1.29, 1.82) is 0 Å². The van der Waals surface area contributed by atoms with E-state index in [0.29, 0.717) is 17.4 Å². The maximum absolute atomic E-state index is 13.5. The SMILES string of the molecule is Nc1nc2cc(Cl)c(F)cc2n1CC1CCC1. The molecular formula is C12H13ClFN3. The summed E-state index contributed by atoms with van der Waals surface area (Å²) in [5.74, 6) is 0.663. The van der Waals surface area contributed by atoms with Crippen LogP contribution in [0.5, 0.6) is 0 Å². The van der Waals surface area contributed by atoms with Crippen LogP contribution in [0.3, 0.4) is 0 Å². The van der Waals surface area contributed by atoms with Gasteiger partial charge in [0, 0.05) is 12.6 Å². The van der Waals surface area contributed by atoms with Crippen LogP contribution in [0.15, 0.2) is 12.1 Å². The second kappa shape index (κ2) is 3.88. The van der Waals surface area contributed by atoms with Gasteiger partial charge in [0.1, 0.15) is 5.82 Å². The van der Waals surface area contributed by atoms with E-state index in [1.165, 1.54) is 31.4 Å². The highest BCUT2D eigenvalue weighted by Crippen LogP contribution is 2.31. The summed E-state index contributed by atoms with van der Waals surface area (Å²) in [6, 6.07) is 2.94. The summed E-state index contributed by atoms with van der Waals surface area (Å²) in [4.78, 5) is 4.22. The third-order valence-corrected chi connectivity index (χ3v) is 3.77. The number of halogens is 2. The van der Waals surface area contributed by atoms with Gasteiger partial charge in [-0.2, -0.15) is 0 Å². The zero-order valence-corrected chi connectivity index (χ0v) is 10.0. The number of nitrogen functional groups attached to an aromatic ring is 1. The predicted octanol–water partition coefficient (Wildman–Crippen LogP) is 3.21. The molecule has 1 fully saturated rings. The molecule has 1 saturated carbocycles. The minimum atomic E-state index is -0.422. The number of fused-ring (bicyclic) bond motifs is 1. The molecule has 2 N–H and O–H groups in total. The van der Waals surface area contributed by atoms with Gasteiger partial charge in [-0.3, -0.25) is 0 Å². The highest BCUT2D eigenvalue weighted by atomic mass is 35.5. The summed E-state index contributed by atoms with van der Waals surface area (Å²) in [5.41, 5.74) is 7.26. The van der Waals surface area contributed by atoms with Crippen LogP contribution < -0.4 is 5.73 Å². The molecule has 1 aliphatic carbocycles. The van der Waals surface area contributed by atoms with Gasteiger partial charge in [-0.05, 0) is 24.8 Å². The van der Waals surface area contributed by atoms with Crippen LogP contribution >= 0.6 is 11.6 Å². The van der Waals surface area contributed by atoms with E-state index in [9.17, 15) is 4.39 Å². The molecule has 17 heavy (non-hydrogen) atoms. The minimum absolute atomic E-state index is 0.0887. The lowest BCUT2D eigenvalue weighted by Crippen LogP contribution is -2.19. The fourth-order valence-electron chi connectivity index (χ4n) is 2.26. The summed E-state index contributed by atoms with van der Waals surface area (Å²) in [5, 5.41) is 0.0887. The lowest BCUT2D eigenvalue weighted by Gasteiger charge is -2.26. The standard InChI is InChI=1S/C12H13ClFN3/c13-8-4-10-11(5-9(8)14)17(12(15)16-10)6-7-2-1-3-7/h4-5,7H,1-3,6H2,(H2,15,16). The topological polar surface area (TPSA) is 43.8 Å². The maximum Gasteiger partial charge on any atom is 0.201 e. The number of hydrogen-bond donors (Lipinski definition) is 1. The van der Waals surface area contributed by atoms with Crippen molar-refractivity contribution in [2.75, 3.05) is 5.73 Å². The number of imidazole rings is 1. The first kappa shape index (κ1) is 10.8. The quantitative estimate of drug-likeness (QED) is 0.893. The summed E-state index contributed by atoms with van der Waals surface area (Å²) in [6.45, 7) is 0.823. The molecule has 0 saturated heterocycles. The third kappa shape index (κ3) is 1.76. The number of anilines is 1. The Kier molecular flexibility index (Phi) is 2.47. The van der Waals surface area contributed by atoms with Crippen LogP contribution in [0.25, 0.3) is 11.0 Å². The first-order valence-electron chi connectivity index (χ1n) is 5.76. The molecule has 5 heteroatoms. The van der Waals surface area contributed by atoms with E-state index in [4.69, 9.17) is 17.3 Å². The van der Waals surface area contributed by atoms with E-state index in [2.05, 4.69) is 4.98 Å². The van der Waals surface area contributed by atoms with Crippen molar-refractivity contribution in [2.24, 2.45) is 5.92 Å². The molecule has 1 aromatic carbocycles. The number of hydrogen-bond acceptors (Lipinski definition) is 2. The number of nitrogens with zero attached hydrogens (tertiary/aromatic N) is 2. The molecule has 0 atom stereocenters. The second-order valence-corrected chi connectivity index (χ2v) is 5.04. The Morgan fingerprint density at radius 3 is 2.88 bits per heavy atom. The molecule has 1 aromatic heterocycles. The van der Waals surface area contributed by atoms with Crippen molar-refractivity contribution < 1.29 is 4.39 Å². The summed E-state index contributed by atoms with van der Waals surface area (Å²) < 4.78 is 15.3. The van der Waals surface area contributed by atoms with E-state index in [-0.39, 0.29) is 5.02 Å². The summed E-state index contributed by atoms with van der Waals surface area (Å²) in [7, 11) is 0. The van der Waals surface area contributed by atoms with E-state index < -0.39 is 5.82 Å². The van der Waals surface area contributed by atoms with E-state index in [1.807, 2.05) is 4.57 Å². The summed E-state index contributed by atoms with van der Waals surface area (Å²) >= 11 is 5.73. The van der Waals surface area contributed by atoms with Gasteiger partial charge in [0.2, 0.25) is 5.95 Å². The Morgan fingerprint density at radius 2 is 2.24 bits per heavy atom. The Labute approximate surface area is 103 Å². The van der Waals surface area contributed by atoms with Crippen LogP contribution in [-0.4, -0.2) is 9.55 Å². The first-order chi connectivity index (χ1) is 8.15. The lowest BCUT2D eigenvalue weighted by molar-refractivity contribution is 0.280. The molecule has 1 aliphatic rings. The Bertz CT molecular complexity index is 575. The van der Waals surface area contributed by atoms with Crippen LogP contribution in [-0.2, 0) is 6.54 Å². The lowest BCUT2D eigenvalue weighted by atomic mass is 9.85. The van der Waals surface area contributed by atoms with Crippen molar-refractivity contribution in [2.45, 2.75) is 25.8 Å². The zero-order chi connectivity index (χ0) is 12.0. The first-order valence-corrected chi connectivity index (χ1v) is 6.13. The largest absolute Gasteiger partial charge is 0.369 e. The molecule has 2 aromatic rings. The van der Waals surface area contributed by atoms with Crippen molar-refractivity contribution >= 4 is 28.6 Å². The van der Waals surface area contributed by atoms with Crippen LogP contribution in [0.4, 0.5) is 10.3 Å². The predicted molar refractivity (Wildman–Crippen MR) is 66.5 cm³/mol. The number of benzene rings is 1. The smallest absolute Gasteiger partial charge is 0.201 e. The summed E-state index contributed by atoms with van der Waals surface area (Å²) in [6.07, 6.45) is 3.71. The van der Waals surface area contributed by atoms with Crippen molar-refractivity contribution in [3.63, 3.8) is 0 Å². The van der Waals surface area contributed by atoms with Crippen LogP contribution in [0.1, 0.15) is 19.3 Å². The van der Waals surface area contributed by atoms with E-state index in [1.54, 1.807) is 0 Å². The fraction of sp³-hybridized carbons (Fsp3) is 0.417. The average molecular weight is 254 g/mol. The molecule has 90 valence electrons. The van der Waals surface area contributed by atoms with E-state index >= 15 is 0 Å². The number of rotatable bonds is 2. The average Bonchev–Trinajstić information content (AvgIpc) is 2.49. The molecule has 3 nitrogen and oxygen atoms in total. The second-order valence-electron chi connectivity index (χ2n) is 4.63. The van der Waals surface area contributed by atoms with Crippen molar-refractivity contribution in [1.82, 2.24) is 9.55 Å². The Morgan fingerprint density at radius 1 is 1.47 bits per heavy atom. The highest BCUT2D eigenvalue weighted by Gasteiger charge is 2.20. The Hall–Kier alpha value is -1.29. The van der Waals surface area contributed by atoms with Crippen LogP contribution in [0.2, 0.25) is 5.02 Å². The van der Waals surface area contributed by atoms with E-state index in [0.717, 1.165) is 12.1 Å². The third-order valence-electron chi connectivity index (χ3n) is 3.49. The Balaban J connectivity index is 2.08. The van der Waals surface area contributed by atoms with Gasteiger partial charge < -0.3 is 10.3 Å². The highest BCUT2D eigenvalue weighted by molar-refractivity contribution is 6.31. The molecule has 1 heterocycles. The molecule has 0 radical (unpaired) electrons. The molecule has 0 amide bonds. The fourth-order valence-corrected chi connectivity index (χ4v) is 2.42. The van der Waals surface area contributed by atoms with Gasteiger partial charge >= 0.3 is 0 Å². The van der Waals surface area contributed by atoms with Crippen molar-refractivity contribution in [3.8, 4) is 0 Å². The zero-order valence-electron chi connectivity index (χ0n) is 9.29. The molecular weight excluding hydrogens is 241 g/mol. The van der Waals surface area contributed by atoms with Gasteiger partial charge in [0.15, 0.2) is 0 Å². The molecule has 3 rings (SSSR count). The van der Waals surface area contributed by atoms with Gasteiger partial charge in [-0.25, -0.2) is 9.37 Å². The number of nitrogens with two attached hydrogens (primary N) is 1. The molecule has 0 unspecified atom stereocenters. The normalized spacial score (nSPS) is 16.4. The van der Waals surface area contributed by atoms with Gasteiger partial charge in [0.05, 0.1) is 16.1 Å². The molecule has 0 aliphatic heterocycles. The van der Waals surface area contributed by atoms with Crippen molar-refractivity contribution in [3.05, 3.63) is 23.0 Å². The van der Waals surface area contributed by atoms with Gasteiger partial charge in [-0.1, -0.05) is 18.0 Å². The number of aromatic nitrogens is 2. The molecule has 0 spiro atoms. The monoisotopic (exact) mass is 253 g/mol. The van der Waals surface area contributed by atoms with Gasteiger partial charge in [0.25, 0.3) is 0 Å². The molecule has 0 bridgehead atoms. The van der Waals surface area contributed by atoms with Crippen LogP contribution in [0, 0.1) is 11.7 Å².